The van der Waals surface area contributed by atoms with Crippen LogP contribution in [0, 0.1) is 0 Å². The highest BCUT2D eigenvalue weighted by Gasteiger charge is 1.94. The van der Waals surface area contributed by atoms with E-state index in [0.717, 1.165) is 0 Å². The number of nitrogens with zero attached hydrogens (tertiary/aromatic N) is 1. The van der Waals surface area contributed by atoms with E-state index in [-0.39, 0.29) is 11.0 Å². The van der Waals surface area contributed by atoms with E-state index in [4.69, 9.17) is 0 Å². The van der Waals surface area contributed by atoms with Crippen LogP contribution in [0.15, 0.2) is 11.6 Å². The Labute approximate surface area is 59.3 Å². The SMILES string of the molecule is CN1C=CSCC1.O.O. The van der Waals surface area contributed by atoms with Gasteiger partial charge in [0, 0.05) is 25.5 Å². The molecule has 56 valence electrons. The molecule has 0 unspecified atom stereocenters. The fourth-order valence-corrected chi connectivity index (χ4v) is 1.31. The van der Waals surface area contributed by atoms with E-state index in [2.05, 4.69) is 23.6 Å². The Bertz CT molecular complexity index is 87.0. The van der Waals surface area contributed by atoms with Crippen molar-refractivity contribution in [1.82, 2.24) is 4.90 Å². The Balaban J connectivity index is 0. The molecule has 0 aromatic carbocycles. The van der Waals surface area contributed by atoms with E-state index in [1.807, 2.05) is 11.8 Å². The first-order valence-corrected chi connectivity index (χ1v) is 3.43. The lowest BCUT2D eigenvalue weighted by atomic mass is 10.6. The fourth-order valence-electron chi connectivity index (χ4n) is 0.486. The van der Waals surface area contributed by atoms with Crippen LogP contribution in [-0.4, -0.2) is 35.2 Å². The van der Waals surface area contributed by atoms with Gasteiger partial charge in [0.05, 0.1) is 0 Å². The van der Waals surface area contributed by atoms with E-state index in [0.29, 0.717) is 0 Å². The summed E-state index contributed by atoms with van der Waals surface area (Å²) in [6.45, 7) is 1.20. The number of thioether (sulfide) groups is 1. The smallest absolute Gasteiger partial charge is 0.0263 e. The van der Waals surface area contributed by atoms with Crippen LogP contribution in [0.4, 0.5) is 0 Å². The monoisotopic (exact) mass is 151 g/mol. The van der Waals surface area contributed by atoms with Gasteiger partial charge in [0.25, 0.3) is 0 Å². The second-order valence-corrected chi connectivity index (χ2v) is 2.65. The fraction of sp³-hybridized carbons (Fsp3) is 0.600. The van der Waals surface area contributed by atoms with Crippen LogP contribution in [-0.2, 0) is 0 Å². The molecule has 0 fully saturated rings. The van der Waals surface area contributed by atoms with Crippen LogP contribution in [0.3, 0.4) is 0 Å². The van der Waals surface area contributed by atoms with Crippen molar-refractivity contribution < 1.29 is 11.0 Å². The summed E-state index contributed by atoms with van der Waals surface area (Å²) in [5.74, 6) is 1.24. The summed E-state index contributed by atoms with van der Waals surface area (Å²) in [7, 11) is 2.09. The van der Waals surface area contributed by atoms with E-state index in [9.17, 15) is 0 Å². The third-order valence-corrected chi connectivity index (χ3v) is 1.71. The molecule has 0 aromatic rings. The topological polar surface area (TPSA) is 66.2 Å². The molecule has 9 heavy (non-hydrogen) atoms. The molecule has 1 heterocycles. The highest BCUT2D eigenvalue weighted by Crippen LogP contribution is 2.07. The largest absolute Gasteiger partial charge is 0.412 e. The highest BCUT2D eigenvalue weighted by molar-refractivity contribution is 8.02. The molecular weight excluding hydrogens is 138 g/mol. The minimum Gasteiger partial charge on any atom is -0.412 e. The zero-order valence-corrected chi connectivity index (χ0v) is 6.24. The molecule has 0 radical (unpaired) electrons. The maximum Gasteiger partial charge on any atom is 0.0263 e. The molecule has 1 aliphatic heterocycles. The van der Waals surface area contributed by atoms with Crippen LogP contribution in [0.2, 0.25) is 0 Å². The standard InChI is InChI=1S/C5H9NS.2H2O/c1-6-2-4-7-5-3-6;;/h2,4H,3,5H2,1H3;2*1H2. The summed E-state index contributed by atoms with van der Waals surface area (Å²) in [6.07, 6.45) is 2.11. The molecule has 4 heteroatoms. The molecule has 1 aliphatic rings. The Morgan fingerprint density at radius 1 is 1.44 bits per heavy atom. The first-order chi connectivity index (χ1) is 3.39. The quantitative estimate of drug-likeness (QED) is 0.468. The molecule has 3 nitrogen and oxygen atoms in total. The van der Waals surface area contributed by atoms with Crippen molar-refractivity contribution in [2.75, 3.05) is 19.3 Å². The maximum absolute atomic E-state index is 2.19. The van der Waals surface area contributed by atoms with E-state index in [1.165, 1.54) is 12.3 Å². The molecule has 0 saturated heterocycles. The molecule has 1 rings (SSSR count). The Morgan fingerprint density at radius 2 is 2.11 bits per heavy atom. The molecular formula is C5H13NO2S. The molecule has 0 bridgehead atoms. The lowest BCUT2D eigenvalue weighted by Crippen LogP contribution is -2.16. The van der Waals surface area contributed by atoms with Crippen molar-refractivity contribution in [1.29, 1.82) is 0 Å². The van der Waals surface area contributed by atoms with Gasteiger partial charge in [0.1, 0.15) is 0 Å². The van der Waals surface area contributed by atoms with Gasteiger partial charge in [-0.3, -0.25) is 0 Å². The predicted octanol–water partition coefficient (Wildman–Crippen LogP) is -0.513. The normalized spacial score (nSPS) is 15.9. The van der Waals surface area contributed by atoms with Gasteiger partial charge >= 0.3 is 0 Å². The van der Waals surface area contributed by atoms with E-state index in [1.54, 1.807) is 0 Å². The van der Waals surface area contributed by atoms with Crippen molar-refractivity contribution >= 4 is 11.8 Å². The average Bonchev–Trinajstić information content (AvgIpc) is 1.69. The van der Waals surface area contributed by atoms with Crippen molar-refractivity contribution in [3.63, 3.8) is 0 Å². The summed E-state index contributed by atoms with van der Waals surface area (Å²) < 4.78 is 0. The van der Waals surface area contributed by atoms with E-state index < -0.39 is 0 Å². The molecule has 4 N–H and O–H groups in total. The highest BCUT2D eigenvalue weighted by atomic mass is 32.2. The Hall–Kier alpha value is -0.190. The zero-order valence-electron chi connectivity index (χ0n) is 5.42. The lowest BCUT2D eigenvalue weighted by Gasteiger charge is -2.15. The van der Waals surface area contributed by atoms with Crippen molar-refractivity contribution in [3.05, 3.63) is 11.6 Å². The van der Waals surface area contributed by atoms with Gasteiger partial charge in [0.2, 0.25) is 0 Å². The number of rotatable bonds is 0. The van der Waals surface area contributed by atoms with Gasteiger partial charge in [-0.15, -0.1) is 11.8 Å². The molecule has 0 saturated carbocycles. The van der Waals surface area contributed by atoms with Gasteiger partial charge < -0.3 is 15.9 Å². The zero-order chi connectivity index (χ0) is 5.11. The summed E-state index contributed by atoms with van der Waals surface area (Å²) in [5, 5.41) is 2.13. The van der Waals surface area contributed by atoms with Crippen molar-refractivity contribution in [2.24, 2.45) is 0 Å². The van der Waals surface area contributed by atoms with Gasteiger partial charge in [-0.25, -0.2) is 0 Å². The minimum absolute atomic E-state index is 0. The average molecular weight is 151 g/mol. The minimum atomic E-state index is 0. The van der Waals surface area contributed by atoms with Crippen LogP contribution >= 0.6 is 11.8 Å². The first kappa shape index (κ1) is 11.6. The Kier molecular flexibility index (Phi) is 7.65. The second kappa shape index (κ2) is 5.94. The molecule has 0 aromatic heterocycles. The molecule has 0 amide bonds. The van der Waals surface area contributed by atoms with Crippen LogP contribution in [0.1, 0.15) is 0 Å². The third kappa shape index (κ3) is 4.32. The Morgan fingerprint density at radius 3 is 2.33 bits per heavy atom. The molecule has 0 spiro atoms. The summed E-state index contributed by atoms with van der Waals surface area (Å²) in [5.41, 5.74) is 0. The second-order valence-electron chi connectivity index (χ2n) is 1.64. The van der Waals surface area contributed by atoms with Gasteiger partial charge in [-0.1, -0.05) is 0 Å². The van der Waals surface area contributed by atoms with Crippen LogP contribution < -0.4 is 0 Å². The summed E-state index contributed by atoms with van der Waals surface area (Å²) in [6, 6.07) is 0. The van der Waals surface area contributed by atoms with Crippen molar-refractivity contribution in [2.45, 2.75) is 0 Å². The van der Waals surface area contributed by atoms with E-state index >= 15 is 0 Å². The lowest BCUT2D eigenvalue weighted by molar-refractivity contribution is 0.486. The predicted molar refractivity (Wildman–Crippen MR) is 41.5 cm³/mol. The maximum atomic E-state index is 2.19. The summed E-state index contributed by atoms with van der Waals surface area (Å²) >= 11 is 1.88. The number of hydrogen-bond donors (Lipinski definition) is 0. The molecule has 0 aliphatic carbocycles. The van der Waals surface area contributed by atoms with Gasteiger partial charge in [0.15, 0.2) is 0 Å². The van der Waals surface area contributed by atoms with Gasteiger partial charge in [-0.05, 0) is 5.41 Å². The van der Waals surface area contributed by atoms with Crippen LogP contribution in [0.5, 0.6) is 0 Å². The third-order valence-electron chi connectivity index (χ3n) is 0.973. The number of hydrogen-bond acceptors (Lipinski definition) is 2. The first-order valence-electron chi connectivity index (χ1n) is 2.38. The van der Waals surface area contributed by atoms with Crippen LogP contribution in [0.25, 0.3) is 0 Å². The molecule has 0 atom stereocenters. The van der Waals surface area contributed by atoms with Crippen molar-refractivity contribution in [3.8, 4) is 0 Å². The summed E-state index contributed by atoms with van der Waals surface area (Å²) in [4.78, 5) is 2.19. The van der Waals surface area contributed by atoms with Gasteiger partial charge in [-0.2, -0.15) is 0 Å².